The minimum absolute atomic E-state index is 0.0761. The first-order valence-corrected chi connectivity index (χ1v) is 18.3. The highest BCUT2D eigenvalue weighted by Crippen LogP contribution is 2.39. The third-order valence-electron chi connectivity index (χ3n) is 8.26. The Kier molecular flexibility index (Phi) is 11.0. The zero-order chi connectivity index (χ0) is 36.2. The van der Waals surface area contributed by atoms with Crippen LogP contribution in [-0.2, 0) is 16.1 Å². The smallest absolute Gasteiger partial charge is 0.338 e. The van der Waals surface area contributed by atoms with Gasteiger partial charge in [-0.25, -0.2) is 9.79 Å². The fraction of sp³-hybridized carbons (Fsp3) is 0.275. The van der Waals surface area contributed by atoms with Gasteiger partial charge in [-0.05, 0) is 108 Å². The maximum absolute atomic E-state index is 14.3. The van der Waals surface area contributed by atoms with Crippen LogP contribution in [0.4, 0.5) is 0 Å². The average Bonchev–Trinajstić information content (AvgIpc) is 3.40. The van der Waals surface area contributed by atoms with E-state index in [4.69, 9.17) is 28.7 Å². The first-order valence-electron chi connectivity index (χ1n) is 16.7. The summed E-state index contributed by atoms with van der Waals surface area (Å²) in [6, 6.07) is 22.7. The SMILES string of the molecule is CCOC(=O)C1=C(C)N=c2s/c(=C/c3cc(Br)c(OCc4cccc5ccccc45)c(OCC)c3)c(=O)n2[C@H]1c1ccc(OC(C)C)c(OC)c1. The Balaban J connectivity index is 1.42. The number of rotatable bonds is 12. The minimum Gasteiger partial charge on any atom is -0.493 e. The van der Waals surface area contributed by atoms with Crippen LogP contribution in [0.25, 0.3) is 16.8 Å². The van der Waals surface area contributed by atoms with Gasteiger partial charge in [0, 0.05) is 0 Å². The molecule has 0 radical (unpaired) electrons. The number of halogens is 1. The van der Waals surface area contributed by atoms with Crippen molar-refractivity contribution < 1.29 is 28.5 Å². The molecular weight excluding hydrogens is 732 g/mol. The van der Waals surface area contributed by atoms with Crippen molar-refractivity contribution in [3.05, 3.63) is 125 Å². The molecule has 5 aromatic rings. The number of carbonyl (C=O) groups is 1. The van der Waals surface area contributed by atoms with Crippen molar-refractivity contribution in [3.8, 4) is 23.0 Å². The molecule has 0 saturated carbocycles. The van der Waals surface area contributed by atoms with Gasteiger partial charge in [0.25, 0.3) is 5.56 Å². The molecule has 1 aliphatic rings. The van der Waals surface area contributed by atoms with E-state index in [0.29, 0.717) is 61.3 Å². The van der Waals surface area contributed by atoms with E-state index in [1.807, 2.05) is 57.2 Å². The Labute approximate surface area is 308 Å². The van der Waals surface area contributed by atoms with Gasteiger partial charge in [-0.15, -0.1) is 0 Å². The number of esters is 1. The van der Waals surface area contributed by atoms with Gasteiger partial charge in [-0.2, -0.15) is 0 Å². The van der Waals surface area contributed by atoms with Crippen LogP contribution < -0.4 is 33.8 Å². The lowest BCUT2D eigenvalue weighted by molar-refractivity contribution is -0.139. The van der Waals surface area contributed by atoms with Gasteiger partial charge in [0.15, 0.2) is 27.8 Å². The minimum atomic E-state index is -0.806. The van der Waals surface area contributed by atoms with Crippen molar-refractivity contribution in [2.45, 2.75) is 53.4 Å². The first kappa shape index (κ1) is 35.9. The van der Waals surface area contributed by atoms with E-state index in [1.165, 1.54) is 11.3 Å². The molecule has 9 nitrogen and oxygen atoms in total. The molecule has 0 N–H and O–H groups in total. The highest BCUT2D eigenvalue weighted by molar-refractivity contribution is 9.10. The Bertz CT molecular complexity index is 2320. The van der Waals surface area contributed by atoms with Crippen molar-refractivity contribution in [1.29, 1.82) is 0 Å². The summed E-state index contributed by atoms with van der Waals surface area (Å²) in [7, 11) is 1.56. The highest BCUT2D eigenvalue weighted by atomic mass is 79.9. The van der Waals surface area contributed by atoms with Crippen molar-refractivity contribution in [3.63, 3.8) is 0 Å². The number of fused-ring (bicyclic) bond motifs is 2. The maximum atomic E-state index is 14.3. The zero-order valence-corrected chi connectivity index (χ0v) is 31.7. The van der Waals surface area contributed by atoms with E-state index in [2.05, 4.69) is 40.2 Å². The second-order valence-electron chi connectivity index (χ2n) is 12.1. The largest absolute Gasteiger partial charge is 0.493 e. The molecule has 0 amide bonds. The molecule has 6 rings (SSSR count). The first-order chi connectivity index (χ1) is 24.6. The van der Waals surface area contributed by atoms with E-state index in [9.17, 15) is 9.59 Å². The van der Waals surface area contributed by atoms with E-state index in [1.54, 1.807) is 43.7 Å². The topological polar surface area (TPSA) is 97.6 Å². The summed E-state index contributed by atoms with van der Waals surface area (Å²) in [6.07, 6.45) is 1.72. The van der Waals surface area contributed by atoms with Crippen LogP contribution in [-0.4, -0.2) is 37.0 Å². The maximum Gasteiger partial charge on any atom is 0.338 e. The molecule has 0 unspecified atom stereocenters. The van der Waals surface area contributed by atoms with Crippen LogP contribution in [0.5, 0.6) is 23.0 Å². The Morgan fingerprint density at radius 3 is 2.51 bits per heavy atom. The summed E-state index contributed by atoms with van der Waals surface area (Å²) in [5.74, 6) is 1.61. The Morgan fingerprint density at radius 1 is 0.980 bits per heavy atom. The van der Waals surface area contributed by atoms with Crippen LogP contribution >= 0.6 is 27.3 Å². The molecule has 0 spiro atoms. The summed E-state index contributed by atoms with van der Waals surface area (Å²) in [6.45, 7) is 10.2. The monoisotopic (exact) mass is 770 g/mol. The lowest BCUT2D eigenvalue weighted by atomic mass is 9.95. The second kappa shape index (κ2) is 15.6. The van der Waals surface area contributed by atoms with Gasteiger partial charge < -0.3 is 23.7 Å². The Morgan fingerprint density at radius 2 is 1.76 bits per heavy atom. The molecule has 2 heterocycles. The number of hydrogen-bond donors (Lipinski definition) is 0. The summed E-state index contributed by atoms with van der Waals surface area (Å²) in [4.78, 5) is 32.9. The average molecular weight is 772 g/mol. The van der Waals surface area contributed by atoms with Gasteiger partial charge in [0.1, 0.15) is 6.61 Å². The molecule has 51 heavy (non-hydrogen) atoms. The Hall–Kier alpha value is -4.87. The third-order valence-corrected chi connectivity index (χ3v) is 9.84. The zero-order valence-electron chi connectivity index (χ0n) is 29.3. The summed E-state index contributed by atoms with van der Waals surface area (Å²) in [5.41, 5.74) is 2.89. The van der Waals surface area contributed by atoms with Gasteiger partial charge in [0.05, 0.1) is 52.7 Å². The lowest BCUT2D eigenvalue weighted by Crippen LogP contribution is -2.40. The molecule has 1 aliphatic heterocycles. The molecule has 0 saturated heterocycles. The predicted octanol–water partition coefficient (Wildman–Crippen LogP) is 7.49. The lowest BCUT2D eigenvalue weighted by Gasteiger charge is -2.25. The molecule has 4 aromatic carbocycles. The van der Waals surface area contributed by atoms with Crippen molar-refractivity contribution in [2.24, 2.45) is 4.99 Å². The van der Waals surface area contributed by atoms with Crippen LogP contribution in [0.2, 0.25) is 0 Å². The number of benzene rings is 4. The number of nitrogens with zero attached hydrogens (tertiary/aromatic N) is 2. The summed E-state index contributed by atoms with van der Waals surface area (Å²) >= 11 is 4.94. The number of allylic oxidation sites excluding steroid dienone is 1. The van der Waals surface area contributed by atoms with Crippen molar-refractivity contribution >= 4 is 50.1 Å². The van der Waals surface area contributed by atoms with Crippen LogP contribution in [0.15, 0.2) is 98.3 Å². The number of thiazole rings is 1. The van der Waals surface area contributed by atoms with Gasteiger partial charge in [-0.3, -0.25) is 9.36 Å². The van der Waals surface area contributed by atoms with Crippen LogP contribution in [0.3, 0.4) is 0 Å². The fourth-order valence-corrected chi connectivity index (χ4v) is 7.73. The molecule has 0 fully saturated rings. The highest BCUT2D eigenvalue weighted by Gasteiger charge is 2.34. The molecule has 1 atom stereocenters. The predicted molar refractivity (Wildman–Crippen MR) is 203 cm³/mol. The van der Waals surface area contributed by atoms with E-state index >= 15 is 0 Å². The number of aromatic nitrogens is 1. The van der Waals surface area contributed by atoms with E-state index < -0.39 is 12.0 Å². The third kappa shape index (κ3) is 7.45. The molecule has 1 aromatic heterocycles. The number of carbonyl (C=O) groups excluding carboxylic acids is 1. The molecule has 264 valence electrons. The van der Waals surface area contributed by atoms with Crippen LogP contribution in [0, 0.1) is 0 Å². The summed E-state index contributed by atoms with van der Waals surface area (Å²) in [5, 5.41) is 2.27. The second-order valence-corrected chi connectivity index (χ2v) is 13.9. The van der Waals surface area contributed by atoms with Gasteiger partial charge in [-0.1, -0.05) is 59.9 Å². The number of ether oxygens (including phenoxy) is 5. The molecule has 0 bridgehead atoms. The van der Waals surface area contributed by atoms with Crippen LogP contribution in [0.1, 0.15) is 57.4 Å². The van der Waals surface area contributed by atoms with Gasteiger partial charge >= 0.3 is 5.97 Å². The van der Waals surface area contributed by atoms with Gasteiger partial charge in [0.2, 0.25) is 0 Å². The standard InChI is InChI=1S/C40H39BrN2O7S/c1-7-47-33-19-25(18-30(41)37(33)49-22-28-14-11-13-26-12-9-10-15-29(26)28)20-34-38(44)43-36(27-16-17-31(50-23(3)4)32(21-27)46-6)35(39(45)48-8-2)24(5)42-40(43)51-34/h9-21,23,36H,7-8,22H2,1-6H3/b34-20+/t36-/m0/s1. The summed E-state index contributed by atoms with van der Waals surface area (Å²) < 4.78 is 32.1. The van der Waals surface area contributed by atoms with Crippen molar-refractivity contribution in [2.75, 3.05) is 20.3 Å². The van der Waals surface area contributed by atoms with E-state index in [-0.39, 0.29) is 23.8 Å². The van der Waals surface area contributed by atoms with Crippen molar-refractivity contribution in [1.82, 2.24) is 4.57 Å². The molecular formula is C40H39BrN2O7S. The quantitative estimate of drug-likeness (QED) is 0.121. The fourth-order valence-electron chi connectivity index (χ4n) is 6.11. The number of methoxy groups -OCH3 is 1. The van der Waals surface area contributed by atoms with E-state index in [0.717, 1.165) is 21.9 Å². The number of hydrogen-bond acceptors (Lipinski definition) is 9. The molecule has 11 heteroatoms. The molecule has 0 aliphatic carbocycles. The normalized spacial score (nSPS) is 14.4.